The second-order valence-electron chi connectivity index (χ2n) is 4.79. The summed E-state index contributed by atoms with van der Waals surface area (Å²) in [6.07, 6.45) is -4.22. The van der Waals surface area contributed by atoms with Crippen LogP contribution in [0.4, 0.5) is 13.2 Å². The summed E-state index contributed by atoms with van der Waals surface area (Å²) >= 11 is 0.850. The largest absolute Gasteiger partial charge is 0.425 e. The molecule has 0 aliphatic carbocycles. The maximum Gasteiger partial charge on any atom is 0.425 e. The highest BCUT2D eigenvalue weighted by Gasteiger charge is 2.33. The molecule has 0 amide bonds. The molecule has 0 bridgehead atoms. The number of hydrogen-bond acceptors (Lipinski definition) is 3. The van der Waals surface area contributed by atoms with E-state index in [1.165, 1.54) is 6.07 Å². The minimum atomic E-state index is -4.22. The number of piperazine rings is 1. The van der Waals surface area contributed by atoms with Gasteiger partial charge >= 0.3 is 6.18 Å². The van der Waals surface area contributed by atoms with Crippen LogP contribution in [-0.2, 0) is 12.7 Å². The monoisotopic (exact) mass is 314 g/mol. The lowest BCUT2D eigenvalue weighted by Crippen LogP contribution is -2.54. The zero-order chi connectivity index (χ0) is 13.3. The van der Waals surface area contributed by atoms with E-state index in [0.717, 1.165) is 29.3 Å². The summed E-state index contributed by atoms with van der Waals surface area (Å²) in [5.41, 5.74) is 0. The van der Waals surface area contributed by atoms with Crippen LogP contribution >= 0.6 is 23.7 Å². The van der Waals surface area contributed by atoms with E-state index < -0.39 is 11.1 Å². The van der Waals surface area contributed by atoms with Gasteiger partial charge in [-0.1, -0.05) is 0 Å². The molecule has 1 aromatic heterocycles. The van der Waals surface area contributed by atoms with Crippen molar-refractivity contribution in [2.45, 2.75) is 38.7 Å². The Bertz CT molecular complexity index is 398. The number of nitrogens with one attached hydrogen (secondary N) is 1. The van der Waals surface area contributed by atoms with E-state index in [2.05, 4.69) is 24.1 Å². The molecule has 0 saturated carbocycles. The molecule has 0 unspecified atom stereocenters. The summed E-state index contributed by atoms with van der Waals surface area (Å²) in [7, 11) is 0. The molecule has 1 fully saturated rings. The summed E-state index contributed by atoms with van der Waals surface area (Å²) in [5.74, 6) is 0. The number of hydrogen-bond donors (Lipinski definition) is 1. The van der Waals surface area contributed by atoms with E-state index in [4.69, 9.17) is 0 Å². The third-order valence-corrected chi connectivity index (χ3v) is 4.41. The Morgan fingerprint density at radius 1 is 1.26 bits per heavy atom. The number of thiophene rings is 1. The van der Waals surface area contributed by atoms with Crippen LogP contribution in [0.5, 0.6) is 0 Å². The third-order valence-electron chi connectivity index (χ3n) is 3.29. The van der Waals surface area contributed by atoms with Gasteiger partial charge in [-0.25, -0.2) is 0 Å². The Labute approximate surface area is 121 Å². The molecule has 110 valence electrons. The minimum absolute atomic E-state index is 0. The summed E-state index contributed by atoms with van der Waals surface area (Å²) in [6.45, 7) is 6.58. The van der Waals surface area contributed by atoms with Crippen molar-refractivity contribution in [3.63, 3.8) is 0 Å². The molecule has 1 N–H and O–H groups in total. The van der Waals surface area contributed by atoms with Gasteiger partial charge in [0.1, 0.15) is 4.88 Å². The van der Waals surface area contributed by atoms with Gasteiger partial charge in [0, 0.05) is 36.6 Å². The van der Waals surface area contributed by atoms with Crippen molar-refractivity contribution < 1.29 is 13.2 Å². The molecule has 2 rings (SSSR count). The van der Waals surface area contributed by atoms with Crippen LogP contribution in [0.1, 0.15) is 23.6 Å². The molecule has 2 nitrogen and oxygen atoms in total. The first-order valence-electron chi connectivity index (χ1n) is 6.00. The van der Waals surface area contributed by atoms with Crippen LogP contribution in [0.3, 0.4) is 0 Å². The maximum absolute atomic E-state index is 12.5. The predicted molar refractivity (Wildman–Crippen MR) is 73.9 cm³/mol. The molecule has 1 aliphatic rings. The molecule has 7 heteroatoms. The average Bonchev–Trinajstić information content (AvgIpc) is 2.72. The Balaban J connectivity index is 0.00000180. The van der Waals surface area contributed by atoms with Crippen LogP contribution in [0.2, 0.25) is 0 Å². The van der Waals surface area contributed by atoms with E-state index in [1.807, 2.05) is 0 Å². The van der Waals surface area contributed by atoms with Gasteiger partial charge in [-0.2, -0.15) is 13.2 Å². The van der Waals surface area contributed by atoms with Crippen molar-refractivity contribution in [2.24, 2.45) is 0 Å². The molecular formula is C12H18ClF3N2S. The summed E-state index contributed by atoms with van der Waals surface area (Å²) < 4.78 is 37.6. The SMILES string of the molecule is C[C@@H]1CNC[C@H](C)N1Cc1ccc(C(F)(F)F)s1.Cl. The van der Waals surface area contributed by atoms with Crippen molar-refractivity contribution in [3.05, 3.63) is 21.9 Å². The lowest BCUT2D eigenvalue weighted by atomic mass is 10.1. The van der Waals surface area contributed by atoms with Gasteiger partial charge in [0.15, 0.2) is 0 Å². The number of halogens is 4. The first-order valence-corrected chi connectivity index (χ1v) is 6.82. The molecule has 0 aromatic carbocycles. The van der Waals surface area contributed by atoms with Gasteiger partial charge in [-0.05, 0) is 26.0 Å². The summed E-state index contributed by atoms with van der Waals surface area (Å²) in [6, 6.07) is 3.47. The van der Waals surface area contributed by atoms with Crippen LogP contribution in [0.15, 0.2) is 12.1 Å². The highest BCUT2D eigenvalue weighted by atomic mass is 35.5. The standard InChI is InChI=1S/C12H17F3N2S.ClH/c1-8-5-16-6-9(2)17(8)7-10-3-4-11(18-10)12(13,14)15;/h3-4,8-9,16H,5-7H2,1-2H3;1H/t8-,9+;. The Morgan fingerprint density at radius 3 is 2.32 bits per heavy atom. The number of rotatable bonds is 2. The minimum Gasteiger partial charge on any atom is -0.314 e. The summed E-state index contributed by atoms with van der Waals surface area (Å²) in [4.78, 5) is 2.53. The molecule has 1 saturated heterocycles. The second-order valence-corrected chi connectivity index (χ2v) is 5.96. The highest BCUT2D eigenvalue weighted by Crippen LogP contribution is 2.35. The smallest absolute Gasteiger partial charge is 0.314 e. The molecular weight excluding hydrogens is 297 g/mol. The summed E-state index contributed by atoms with van der Waals surface area (Å²) in [5, 5.41) is 3.31. The maximum atomic E-state index is 12.5. The number of nitrogens with zero attached hydrogens (tertiary/aromatic N) is 1. The van der Waals surface area contributed by atoms with Crippen LogP contribution in [0.25, 0.3) is 0 Å². The Kier molecular flexibility index (Phi) is 5.67. The van der Waals surface area contributed by atoms with Gasteiger partial charge < -0.3 is 5.32 Å². The van der Waals surface area contributed by atoms with Gasteiger partial charge in [-0.15, -0.1) is 23.7 Å². The highest BCUT2D eigenvalue weighted by molar-refractivity contribution is 7.12. The van der Waals surface area contributed by atoms with Crippen LogP contribution in [-0.4, -0.2) is 30.1 Å². The second kappa shape index (κ2) is 6.43. The normalized spacial score (nSPS) is 25.1. The van der Waals surface area contributed by atoms with Crippen LogP contribution in [0, 0.1) is 0 Å². The van der Waals surface area contributed by atoms with Gasteiger partial charge in [0.2, 0.25) is 0 Å². The van der Waals surface area contributed by atoms with Gasteiger partial charge in [0.05, 0.1) is 0 Å². The molecule has 0 spiro atoms. The van der Waals surface area contributed by atoms with E-state index in [-0.39, 0.29) is 12.4 Å². The van der Waals surface area contributed by atoms with Crippen molar-refractivity contribution in [1.82, 2.24) is 10.2 Å². The number of alkyl halides is 3. The van der Waals surface area contributed by atoms with E-state index in [1.54, 1.807) is 6.07 Å². The first kappa shape index (κ1) is 16.8. The van der Waals surface area contributed by atoms with Gasteiger partial charge in [-0.3, -0.25) is 4.90 Å². The van der Waals surface area contributed by atoms with Crippen molar-refractivity contribution >= 4 is 23.7 Å². The van der Waals surface area contributed by atoms with Crippen molar-refractivity contribution in [2.75, 3.05) is 13.1 Å². The molecule has 1 aromatic rings. The molecule has 0 radical (unpaired) electrons. The first-order chi connectivity index (χ1) is 8.38. The molecule has 1 aliphatic heterocycles. The van der Waals surface area contributed by atoms with Crippen LogP contribution < -0.4 is 5.32 Å². The molecule has 19 heavy (non-hydrogen) atoms. The average molecular weight is 315 g/mol. The Morgan fingerprint density at radius 2 is 1.84 bits per heavy atom. The lowest BCUT2D eigenvalue weighted by Gasteiger charge is -2.39. The van der Waals surface area contributed by atoms with E-state index >= 15 is 0 Å². The zero-order valence-electron chi connectivity index (χ0n) is 10.8. The fourth-order valence-corrected chi connectivity index (χ4v) is 3.16. The lowest BCUT2D eigenvalue weighted by molar-refractivity contribution is -0.134. The fourth-order valence-electron chi connectivity index (χ4n) is 2.28. The molecule has 2 heterocycles. The van der Waals surface area contributed by atoms with E-state index in [9.17, 15) is 13.2 Å². The molecule has 2 atom stereocenters. The predicted octanol–water partition coefficient (Wildman–Crippen LogP) is 3.37. The van der Waals surface area contributed by atoms with Gasteiger partial charge in [0.25, 0.3) is 0 Å². The van der Waals surface area contributed by atoms with Crippen molar-refractivity contribution in [1.29, 1.82) is 0 Å². The zero-order valence-corrected chi connectivity index (χ0v) is 12.5. The fraction of sp³-hybridized carbons (Fsp3) is 0.667. The third kappa shape index (κ3) is 4.08. The quantitative estimate of drug-likeness (QED) is 0.900. The Hall–Kier alpha value is -0.300. The van der Waals surface area contributed by atoms with Crippen molar-refractivity contribution in [3.8, 4) is 0 Å². The van der Waals surface area contributed by atoms with E-state index in [0.29, 0.717) is 18.6 Å². The topological polar surface area (TPSA) is 15.3 Å².